The molecule has 4 rings (SSSR count). The number of rotatable bonds is 2. The van der Waals surface area contributed by atoms with Crippen molar-refractivity contribution >= 4 is 23.1 Å². The Kier molecular flexibility index (Phi) is 3.33. The highest BCUT2D eigenvalue weighted by Gasteiger charge is 2.42. The van der Waals surface area contributed by atoms with Gasteiger partial charge in [0.15, 0.2) is 5.82 Å². The molecule has 5 nitrogen and oxygen atoms in total. The Hall–Kier alpha value is -1.95. The zero-order chi connectivity index (χ0) is 15.1. The summed E-state index contributed by atoms with van der Waals surface area (Å²) in [5, 5.41) is 10.4. The second-order valence-electron chi connectivity index (χ2n) is 6.15. The zero-order valence-corrected chi connectivity index (χ0v) is 13.3. The number of nitrogens with zero attached hydrogens (tertiary/aromatic N) is 4. The van der Waals surface area contributed by atoms with E-state index in [4.69, 9.17) is 0 Å². The zero-order valence-electron chi connectivity index (χ0n) is 12.5. The van der Waals surface area contributed by atoms with Gasteiger partial charge in [-0.05, 0) is 30.5 Å². The molecule has 2 fully saturated rings. The summed E-state index contributed by atoms with van der Waals surface area (Å²) in [5.41, 5.74) is 0.941. The SMILES string of the molecule is Cc1ccc(N2C[C@H]3CN(C(=O)c4cccs4)C[C@H]3C2)nn1. The van der Waals surface area contributed by atoms with Crippen molar-refractivity contribution in [2.45, 2.75) is 6.92 Å². The van der Waals surface area contributed by atoms with Crippen LogP contribution in [0.4, 0.5) is 5.82 Å². The van der Waals surface area contributed by atoms with E-state index in [0.29, 0.717) is 11.8 Å². The van der Waals surface area contributed by atoms with Gasteiger partial charge in [-0.25, -0.2) is 0 Å². The van der Waals surface area contributed by atoms with Crippen LogP contribution in [0.15, 0.2) is 29.6 Å². The summed E-state index contributed by atoms with van der Waals surface area (Å²) in [6.45, 7) is 5.60. The Labute approximate surface area is 133 Å². The van der Waals surface area contributed by atoms with Crippen LogP contribution in [0.2, 0.25) is 0 Å². The predicted octanol–water partition coefficient (Wildman–Crippen LogP) is 2.05. The van der Waals surface area contributed by atoms with Gasteiger partial charge in [-0.2, -0.15) is 5.10 Å². The number of hydrogen-bond donors (Lipinski definition) is 0. The molecule has 1 amide bonds. The second-order valence-corrected chi connectivity index (χ2v) is 7.09. The number of likely N-dealkylation sites (tertiary alicyclic amines) is 1. The van der Waals surface area contributed by atoms with Crippen molar-refractivity contribution in [2.75, 3.05) is 31.1 Å². The maximum atomic E-state index is 12.4. The largest absolute Gasteiger partial charge is 0.354 e. The number of amides is 1. The lowest BCUT2D eigenvalue weighted by Gasteiger charge is -2.21. The van der Waals surface area contributed by atoms with Gasteiger partial charge in [0, 0.05) is 38.0 Å². The Morgan fingerprint density at radius 1 is 1.14 bits per heavy atom. The van der Waals surface area contributed by atoms with E-state index in [1.54, 1.807) is 0 Å². The molecule has 2 aliphatic heterocycles. The summed E-state index contributed by atoms with van der Waals surface area (Å²) in [4.78, 5) is 17.6. The standard InChI is InChI=1S/C16H18N4OS/c1-11-4-5-15(18-17-11)19-7-12-9-20(10-13(12)8-19)16(21)14-3-2-6-22-14/h2-6,12-13H,7-10H2,1H3/t12-,13+. The second kappa shape index (κ2) is 5.35. The topological polar surface area (TPSA) is 49.3 Å². The minimum atomic E-state index is 0.186. The smallest absolute Gasteiger partial charge is 0.263 e. The number of anilines is 1. The molecule has 2 saturated heterocycles. The summed E-state index contributed by atoms with van der Waals surface area (Å²) in [5.74, 6) is 2.24. The lowest BCUT2D eigenvalue weighted by molar-refractivity contribution is 0.0787. The van der Waals surface area contributed by atoms with Crippen LogP contribution < -0.4 is 4.90 Å². The maximum absolute atomic E-state index is 12.4. The van der Waals surface area contributed by atoms with Gasteiger partial charge < -0.3 is 9.80 Å². The first kappa shape index (κ1) is 13.7. The number of thiophene rings is 1. The molecule has 6 heteroatoms. The van der Waals surface area contributed by atoms with E-state index in [0.717, 1.165) is 42.6 Å². The monoisotopic (exact) mass is 314 g/mol. The van der Waals surface area contributed by atoms with Gasteiger partial charge in [-0.15, -0.1) is 16.4 Å². The number of aromatic nitrogens is 2. The van der Waals surface area contributed by atoms with Gasteiger partial charge >= 0.3 is 0 Å². The predicted molar refractivity (Wildman–Crippen MR) is 86.2 cm³/mol. The van der Waals surface area contributed by atoms with E-state index < -0.39 is 0 Å². The summed E-state index contributed by atoms with van der Waals surface area (Å²) in [6.07, 6.45) is 0. The fraction of sp³-hybridized carbons (Fsp3) is 0.438. The van der Waals surface area contributed by atoms with Crippen LogP contribution in [0.1, 0.15) is 15.4 Å². The van der Waals surface area contributed by atoms with E-state index in [-0.39, 0.29) is 5.91 Å². The summed E-state index contributed by atoms with van der Waals surface area (Å²) < 4.78 is 0. The molecular weight excluding hydrogens is 296 g/mol. The number of carbonyl (C=O) groups excluding carboxylic acids is 1. The van der Waals surface area contributed by atoms with Gasteiger partial charge in [-0.1, -0.05) is 6.07 Å². The molecule has 22 heavy (non-hydrogen) atoms. The van der Waals surface area contributed by atoms with Crippen molar-refractivity contribution < 1.29 is 4.79 Å². The van der Waals surface area contributed by atoms with Crippen molar-refractivity contribution in [1.82, 2.24) is 15.1 Å². The van der Waals surface area contributed by atoms with Gasteiger partial charge in [0.1, 0.15) is 0 Å². The van der Waals surface area contributed by atoms with Crippen LogP contribution in [-0.4, -0.2) is 47.2 Å². The van der Waals surface area contributed by atoms with Crippen LogP contribution in [0.5, 0.6) is 0 Å². The molecule has 2 atom stereocenters. The first-order chi connectivity index (χ1) is 10.7. The maximum Gasteiger partial charge on any atom is 0.263 e. The van der Waals surface area contributed by atoms with E-state index in [1.165, 1.54) is 11.3 Å². The summed E-state index contributed by atoms with van der Waals surface area (Å²) in [6, 6.07) is 7.89. The first-order valence-electron chi connectivity index (χ1n) is 7.59. The summed E-state index contributed by atoms with van der Waals surface area (Å²) >= 11 is 1.52. The van der Waals surface area contributed by atoms with Gasteiger partial charge in [0.2, 0.25) is 0 Å². The van der Waals surface area contributed by atoms with Crippen molar-refractivity contribution in [3.63, 3.8) is 0 Å². The van der Waals surface area contributed by atoms with Crippen molar-refractivity contribution in [3.05, 3.63) is 40.2 Å². The highest BCUT2D eigenvalue weighted by atomic mass is 32.1. The number of hydrogen-bond acceptors (Lipinski definition) is 5. The fourth-order valence-corrected chi connectivity index (χ4v) is 4.15. The minimum Gasteiger partial charge on any atom is -0.354 e. The molecule has 0 spiro atoms. The Morgan fingerprint density at radius 2 is 1.91 bits per heavy atom. The molecule has 0 unspecified atom stereocenters. The molecule has 0 radical (unpaired) electrons. The normalized spacial score (nSPS) is 23.9. The molecule has 114 valence electrons. The average Bonchev–Trinajstić information content (AvgIpc) is 3.23. The van der Waals surface area contributed by atoms with Gasteiger partial charge in [0.05, 0.1) is 10.6 Å². The van der Waals surface area contributed by atoms with E-state index in [2.05, 4.69) is 15.1 Å². The minimum absolute atomic E-state index is 0.186. The molecule has 2 aromatic heterocycles. The Bertz CT molecular complexity index is 656. The quantitative estimate of drug-likeness (QED) is 0.851. The molecule has 2 aromatic rings. The van der Waals surface area contributed by atoms with Crippen LogP contribution >= 0.6 is 11.3 Å². The molecular formula is C16H18N4OS. The van der Waals surface area contributed by atoms with Crippen LogP contribution in [0.25, 0.3) is 0 Å². The highest BCUT2D eigenvalue weighted by molar-refractivity contribution is 7.12. The molecule has 2 aliphatic rings. The lowest BCUT2D eigenvalue weighted by atomic mass is 10.0. The number of carbonyl (C=O) groups is 1. The molecule has 0 N–H and O–H groups in total. The summed E-state index contributed by atoms with van der Waals surface area (Å²) in [7, 11) is 0. The molecule has 0 aromatic carbocycles. The van der Waals surface area contributed by atoms with Crippen molar-refractivity contribution in [2.24, 2.45) is 11.8 Å². The third-order valence-corrected chi connectivity index (χ3v) is 5.47. The van der Waals surface area contributed by atoms with Gasteiger partial charge in [-0.3, -0.25) is 4.79 Å². The van der Waals surface area contributed by atoms with Crippen LogP contribution in [-0.2, 0) is 0 Å². The number of fused-ring (bicyclic) bond motifs is 1. The lowest BCUT2D eigenvalue weighted by Crippen LogP contribution is -2.33. The van der Waals surface area contributed by atoms with Crippen LogP contribution in [0, 0.1) is 18.8 Å². The number of aryl methyl sites for hydroxylation is 1. The fourth-order valence-electron chi connectivity index (χ4n) is 3.46. The van der Waals surface area contributed by atoms with Gasteiger partial charge in [0.25, 0.3) is 5.91 Å². The highest BCUT2D eigenvalue weighted by Crippen LogP contribution is 2.34. The average molecular weight is 314 g/mol. The first-order valence-corrected chi connectivity index (χ1v) is 8.47. The molecule has 0 aliphatic carbocycles. The Morgan fingerprint density at radius 3 is 2.50 bits per heavy atom. The Balaban J connectivity index is 1.42. The van der Waals surface area contributed by atoms with E-state index >= 15 is 0 Å². The van der Waals surface area contributed by atoms with Crippen molar-refractivity contribution in [1.29, 1.82) is 0 Å². The van der Waals surface area contributed by atoms with E-state index in [1.807, 2.05) is 41.5 Å². The third-order valence-electron chi connectivity index (χ3n) is 4.61. The molecule has 0 saturated carbocycles. The molecule has 4 heterocycles. The van der Waals surface area contributed by atoms with Crippen LogP contribution in [0.3, 0.4) is 0 Å². The third kappa shape index (κ3) is 2.37. The molecule has 0 bridgehead atoms. The van der Waals surface area contributed by atoms with E-state index in [9.17, 15) is 4.79 Å². The van der Waals surface area contributed by atoms with Crippen molar-refractivity contribution in [3.8, 4) is 0 Å².